The van der Waals surface area contributed by atoms with E-state index in [-0.39, 0.29) is 0 Å². The molecule has 5 heteroatoms. The van der Waals surface area contributed by atoms with Gasteiger partial charge in [-0.2, -0.15) is 5.10 Å². The fourth-order valence-electron chi connectivity index (χ4n) is 2.60. The average Bonchev–Trinajstić information content (AvgIpc) is 3.11. The molecule has 0 aliphatic rings. The Bertz CT molecular complexity index is 888. The lowest BCUT2D eigenvalue weighted by Crippen LogP contribution is -2.01. The van der Waals surface area contributed by atoms with Crippen LogP contribution < -0.4 is 0 Å². The largest absolute Gasteiger partial charge is 0.342 e. The molecule has 3 aromatic heterocycles. The number of imidazole rings is 1. The van der Waals surface area contributed by atoms with Crippen molar-refractivity contribution in [2.45, 2.75) is 13.3 Å². The van der Waals surface area contributed by atoms with Crippen LogP contribution in [0.5, 0.6) is 0 Å². The zero-order valence-corrected chi connectivity index (χ0v) is 12.2. The smallest absolute Gasteiger partial charge is 0.153 e. The molecular formula is C17H15N5. The number of hydrogen-bond acceptors (Lipinski definition) is 3. The first-order valence-corrected chi connectivity index (χ1v) is 7.20. The molecule has 0 radical (unpaired) electrons. The normalized spacial score (nSPS) is 11.1. The predicted octanol–water partition coefficient (Wildman–Crippen LogP) is 3.04. The second-order valence-corrected chi connectivity index (χ2v) is 5.25. The molecule has 0 unspecified atom stereocenters. The quantitative estimate of drug-likeness (QED) is 0.630. The van der Waals surface area contributed by atoms with Crippen molar-refractivity contribution in [2.75, 3.05) is 0 Å². The number of hydrogen-bond donors (Lipinski definition) is 1. The van der Waals surface area contributed by atoms with Gasteiger partial charge in [0.2, 0.25) is 0 Å². The minimum absolute atomic E-state index is 0.676. The van der Waals surface area contributed by atoms with Gasteiger partial charge < -0.3 is 4.98 Å². The average molecular weight is 289 g/mol. The number of benzene rings is 1. The Morgan fingerprint density at radius 1 is 1.09 bits per heavy atom. The molecule has 0 spiro atoms. The fraction of sp³-hybridized carbons (Fsp3) is 0.118. The topological polar surface area (TPSA) is 59.4 Å². The van der Waals surface area contributed by atoms with Crippen molar-refractivity contribution in [2.24, 2.45) is 0 Å². The van der Waals surface area contributed by atoms with Gasteiger partial charge in [0.05, 0.1) is 16.7 Å². The zero-order valence-electron chi connectivity index (χ0n) is 12.2. The number of nitrogens with one attached hydrogen (secondary N) is 1. The summed E-state index contributed by atoms with van der Waals surface area (Å²) in [5, 5.41) is 4.64. The number of pyridine rings is 1. The Morgan fingerprint density at radius 3 is 2.77 bits per heavy atom. The van der Waals surface area contributed by atoms with Crippen LogP contribution in [0.2, 0.25) is 0 Å². The minimum atomic E-state index is 0.676. The van der Waals surface area contributed by atoms with Crippen molar-refractivity contribution >= 4 is 11.0 Å². The van der Waals surface area contributed by atoms with Gasteiger partial charge in [-0.3, -0.25) is 0 Å². The van der Waals surface area contributed by atoms with Gasteiger partial charge in [-0.1, -0.05) is 18.2 Å². The van der Waals surface area contributed by atoms with Crippen molar-refractivity contribution in [3.05, 3.63) is 71.9 Å². The number of fused-ring (bicyclic) bond motifs is 1. The molecule has 22 heavy (non-hydrogen) atoms. The summed E-state index contributed by atoms with van der Waals surface area (Å²) in [5.41, 5.74) is 4.07. The van der Waals surface area contributed by atoms with E-state index in [0.717, 1.165) is 34.1 Å². The van der Waals surface area contributed by atoms with Gasteiger partial charge >= 0.3 is 0 Å². The summed E-state index contributed by atoms with van der Waals surface area (Å²) in [6, 6.07) is 15.9. The molecule has 0 saturated carbocycles. The highest BCUT2D eigenvalue weighted by atomic mass is 15.3. The third-order valence-corrected chi connectivity index (χ3v) is 3.59. The fourth-order valence-corrected chi connectivity index (χ4v) is 2.60. The Morgan fingerprint density at radius 2 is 1.95 bits per heavy atom. The Kier molecular flexibility index (Phi) is 2.96. The number of H-pyrrole nitrogens is 1. The highest BCUT2D eigenvalue weighted by molar-refractivity contribution is 5.74. The molecule has 0 amide bonds. The number of nitrogens with zero attached hydrogens (tertiary/aromatic N) is 4. The Hall–Kier alpha value is -2.95. The summed E-state index contributed by atoms with van der Waals surface area (Å²) < 4.78 is 1.86. The molecule has 108 valence electrons. The van der Waals surface area contributed by atoms with Crippen molar-refractivity contribution in [1.82, 2.24) is 24.7 Å². The van der Waals surface area contributed by atoms with Gasteiger partial charge in [-0.05, 0) is 37.3 Å². The van der Waals surface area contributed by atoms with Crippen LogP contribution in [0.25, 0.3) is 16.9 Å². The number of aromatic nitrogens is 5. The van der Waals surface area contributed by atoms with E-state index in [0.29, 0.717) is 6.42 Å². The number of rotatable bonds is 3. The lowest BCUT2D eigenvalue weighted by Gasteiger charge is -2.01. The molecule has 0 aliphatic carbocycles. The van der Waals surface area contributed by atoms with E-state index in [9.17, 15) is 0 Å². The van der Waals surface area contributed by atoms with Crippen LogP contribution in [0, 0.1) is 6.92 Å². The van der Waals surface area contributed by atoms with Crippen molar-refractivity contribution in [3.8, 4) is 5.82 Å². The van der Waals surface area contributed by atoms with Crippen LogP contribution in [0.15, 0.2) is 54.7 Å². The van der Waals surface area contributed by atoms with E-state index in [2.05, 4.69) is 26.1 Å². The summed E-state index contributed by atoms with van der Waals surface area (Å²) >= 11 is 0. The number of para-hydroxylation sites is 2. The van der Waals surface area contributed by atoms with Crippen LogP contribution >= 0.6 is 0 Å². The summed E-state index contributed by atoms with van der Waals surface area (Å²) in [5.74, 6) is 1.75. The minimum Gasteiger partial charge on any atom is -0.342 e. The molecule has 0 aliphatic heterocycles. The van der Waals surface area contributed by atoms with Crippen molar-refractivity contribution in [1.29, 1.82) is 0 Å². The van der Waals surface area contributed by atoms with Crippen molar-refractivity contribution in [3.63, 3.8) is 0 Å². The SMILES string of the molecule is Cc1cc(Cc2nc3ccccc3[nH]2)nn1-c1ccccn1. The number of aromatic amines is 1. The molecule has 1 N–H and O–H groups in total. The molecular weight excluding hydrogens is 274 g/mol. The van der Waals surface area contributed by atoms with Crippen molar-refractivity contribution < 1.29 is 0 Å². The maximum Gasteiger partial charge on any atom is 0.153 e. The summed E-state index contributed by atoms with van der Waals surface area (Å²) in [6.07, 6.45) is 2.45. The lowest BCUT2D eigenvalue weighted by molar-refractivity contribution is 0.793. The van der Waals surface area contributed by atoms with E-state index in [1.807, 2.05) is 54.1 Å². The summed E-state index contributed by atoms with van der Waals surface area (Å²) in [4.78, 5) is 12.3. The molecule has 0 saturated heterocycles. The third-order valence-electron chi connectivity index (χ3n) is 3.59. The first-order chi connectivity index (χ1) is 10.8. The Labute approximate surface area is 127 Å². The number of aryl methyl sites for hydroxylation is 1. The van der Waals surface area contributed by atoms with E-state index in [1.54, 1.807) is 6.20 Å². The molecule has 3 heterocycles. The van der Waals surface area contributed by atoms with Gasteiger partial charge in [0.15, 0.2) is 5.82 Å². The van der Waals surface area contributed by atoms with Crippen LogP contribution in [0.1, 0.15) is 17.2 Å². The van der Waals surface area contributed by atoms with Gasteiger partial charge in [0, 0.05) is 18.3 Å². The second-order valence-electron chi connectivity index (χ2n) is 5.25. The highest BCUT2D eigenvalue weighted by Crippen LogP contribution is 2.15. The van der Waals surface area contributed by atoms with Crippen LogP contribution in [-0.2, 0) is 6.42 Å². The van der Waals surface area contributed by atoms with Crippen LogP contribution in [0.4, 0.5) is 0 Å². The maximum atomic E-state index is 4.64. The molecule has 0 atom stereocenters. The summed E-state index contributed by atoms with van der Waals surface area (Å²) in [7, 11) is 0. The van der Waals surface area contributed by atoms with E-state index < -0.39 is 0 Å². The lowest BCUT2D eigenvalue weighted by atomic mass is 10.3. The molecule has 5 nitrogen and oxygen atoms in total. The second kappa shape index (κ2) is 5.11. The van der Waals surface area contributed by atoms with Gasteiger partial charge in [-0.25, -0.2) is 14.6 Å². The molecule has 4 aromatic rings. The standard InChI is InChI=1S/C17H15N5/c1-12-10-13(21-22(12)17-8-4-5-9-18-17)11-16-19-14-6-2-3-7-15(14)20-16/h2-10H,11H2,1H3,(H,19,20). The molecule has 4 rings (SSSR count). The third kappa shape index (κ3) is 2.26. The maximum absolute atomic E-state index is 4.64. The van der Waals surface area contributed by atoms with Gasteiger partial charge in [-0.15, -0.1) is 0 Å². The van der Waals surface area contributed by atoms with Gasteiger partial charge in [0.25, 0.3) is 0 Å². The molecule has 0 bridgehead atoms. The molecule has 0 fully saturated rings. The first-order valence-electron chi connectivity index (χ1n) is 7.20. The van der Waals surface area contributed by atoms with E-state index >= 15 is 0 Å². The monoisotopic (exact) mass is 289 g/mol. The highest BCUT2D eigenvalue weighted by Gasteiger charge is 2.10. The van der Waals surface area contributed by atoms with Crippen LogP contribution in [0.3, 0.4) is 0 Å². The van der Waals surface area contributed by atoms with Gasteiger partial charge in [0.1, 0.15) is 5.82 Å². The predicted molar refractivity (Wildman–Crippen MR) is 85.0 cm³/mol. The van der Waals surface area contributed by atoms with Crippen LogP contribution in [-0.4, -0.2) is 24.7 Å². The van der Waals surface area contributed by atoms with E-state index in [4.69, 9.17) is 0 Å². The zero-order chi connectivity index (χ0) is 14.9. The Balaban J connectivity index is 1.66. The summed E-state index contributed by atoms with van der Waals surface area (Å²) in [6.45, 7) is 2.03. The molecule has 1 aromatic carbocycles. The first kappa shape index (κ1) is 12.8. The van der Waals surface area contributed by atoms with E-state index in [1.165, 1.54) is 0 Å².